The number of hydrogen-bond acceptors (Lipinski definition) is 3. The highest BCUT2D eigenvalue weighted by Gasteiger charge is 2.41. The Morgan fingerprint density at radius 3 is 2.52 bits per heavy atom. The largest absolute Gasteiger partial charge is 0.403 e. The van der Waals surface area contributed by atoms with Crippen molar-refractivity contribution in [3.63, 3.8) is 0 Å². The van der Waals surface area contributed by atoms with Gasteiger partial charge in [-0.2, -0.15) is 13.2 Å². The molecule has 2 rings (SSSR count). The smallest absolute Gasteiger partial charge is 0.305 e. The van der Waals surface area contributed by atoms with Crippen molar-refractivity contribution < 1.29 is 21.6 Å². The second-order valence-electron chi connectivity index (χ2n) is 5.21. The standard InChI is InChI=1S/C13H17F3N2O2S/c1-9-3-2-4-11(7-9)21(19,20)18-10-5-6-12(17-8-10)13(14,15)16/h2-4,7,10,12,17-18H,5-6,8H2,1H3. The number of piperidine rings is 1. The molecule has 0 aliphatic carbocycles. The van der Waals surface area contributed by atoms with Crippen molar-refractivity contribution in [1.29, 1.82) is 0 Å². The molecule has 118 valence electrons. The van der Waals surface area contributed by atoms with Crippen molar-refractivity contribution in [2.75, 3.05) is 6.54 Å². The molecule has 2 unspecified atom stereocenters. The van der Waals surface area contributed by atoms with Crippen LogP contribution in [-0.2, 0) is 10.0 Å². The molecule has 1 aromatic carbocycles. The number of nitrogens with one attached hydrogen (secondary N) is 2. The third-order valence-electron chi connectivity index (χ3n) is 3.43. The Hall–Kier alpha value is -1.12. The van der Waals surface area contributed by atoms with Crippen LogP contribution in [0.1, 0.15) is 18.4 Å². The first-order valence-electron chi connectivity index (χ1n) is 6.57. The molecule has 0 spiro atoms. The van der Waals surface area contributed by atoms with Crippen LogP contribution in [0, 0.1) is 6.92 Å². The van der Waals surface area contributed by atoms with Crippen LogP contribution in [0.2, 0.25) is 0 Å². The highest BCUT2D eigenvalue weighted by atomic mass is 32.2. The van der Waals surface area contributed by atoms with Gasteiger partial charge < -0.3 is 5.32 Å². The minimum Gasteiger partial charge on any atom is -0.305 e. The molecule has 0 bridgehead atoms. The van der Waals surface area contributed by atoms with E-state index in [0.29, 0.717) is 0 Å². The van der Waals surface area contributed by atoms with Crippen LogP contribution >= 0.6 is 0 Å². The molecule has 0 amide bonds. The van der Waals surface area contributed by atoms with Gasteiger partial charge in [-0.15, -0.1) is 0 Å². The van der Waals surface area contributed by atoms with Crippen LogP contribution in [0.5, 0.6) is 0 Å². The third kappa shape index (κ3) is 4.18. The highest BCUT2D eigenvalue weighted by molar-refractivity contribution is 7.89. The summed E-state index contributed by atoms with van der Waals surface area (Å²) >= 11 is 0. The molecule has 8 heteroatoms. The number of halogens is 3. The average molecular weight is 322 g/mol. The van der Waals surface area contributed by atoms with Crippen molar-refractivity contribution in [3.8, 4) is 0 Å². The first-order chi connectivity index (χ1) is 9.68. The van der Waals surface area contributed by atoms with Crippen LogP contribution in [0.25, 0.3) is 0 Å². The Morgan fingerprint density at radius 2 is 2.00 bits per heavy atom. The zero-order chi connectivity index (χ0) is 15.7. The lowest BCUT2D eigenvalue weighted by Gasteiger charge is -2.31. The van der Waals surface area contributed by atoms with E-state index in [4.69, 9.17) is 0 Å². The first kappa shape index (κ1) is 16.3. The quantitative estimate of drug-likeness (QED) is 0.894. The van der Waals surface area contributed by atoms with Crippen LogP contribution in [0.3, 0.4) is 0 Å². The van der Waals surface area contributed by atoms with E-state index >= 15 is 0 Å². The van der Waals surface area contributed by atoms with Gasteiger partial charge in [-0.1, -0.05) is 12.1 Å². The summed E-state index contributed by atoms with van der Waals surface area (Å²) in [5, 5.41) is 2.34. The molecule has 1 aliphatic rings. The summed E-state index contributed by atoms with van der Waals surface area (Å²) in [6, 6.07) is 4.30. The minimum absolute atomic E-state index is 0.0325. The van der Waals surface area contributed by atoms with Crippen LogP contribution in [0.4, 0.5) is 13.2 Å². The zero-order valence-electron chi connectivity index (χ0n) is 11.4. The molecule has 4 nitrogen and oxygen atoms in total. The molecule has 1 saturated heterocycles. The molecule has 0 saturated carbocycles. The zero-order valence-corrected chi connectivity index (χ0v) is 12.3. The minimum atomic E-state index is -4.29. The molecule has 1 aliphatic heterocycles. The highest BCUT2D eigenvalue weighted by Crippen LogP contribution is 2.26. The second kappa shape index (κ2) is 5.94. The Kier molecular flexibility index (Phi) is 4.60. The fraction of sp³-hybridized carbons (Fsp3) is 0.538. The number of sulfonamides is 1. The summed E-state index contributed by atoms with van der Waals surface area (Å²) in [5.41, 5.74) is 0.803. The van der Waals surface area contributed by atoms with Crippen molar-refractivity contribution >= 4 is 10.0 Å². The molecule has 0 aromatic heterocycles. The van der Waals surface area contributed by atoms with E-state index < -0.39 is 28.3 Å². The summed E-state index contributed by atoms with van der Waals surface area (Å²) in [4.78, 5) is 0.125. The predicted molar refractivity (Wildman–Crippen MR) is 72.4 cm³/mol. The third-order valence-corrected chi connectivity index (χ3v) is 4.95. The average Bonchev–Trinajstić information content (AvgIpc) is 2.38. The van der Waals surface area contributed by atoms with E-state index in [1.807, 2.05) is 0 Å². The molecule has 1 fully saturated rings. The van der Waals surface area contributed by atoms with Gasteiger partial charge in [-0.3, -0.25) is 0 Å². The van der Waals surface area contributed by atoms with Crippen LogP contribution in [-0.4, -0.2) is 33.2 Å². The molecule has 0 radical (unpaired) electrons. The fourth-order valence-corrected chi connectivity index (χ4v) is 3.68. The number of benzene rings is 1. The number of alkyl halides is 3. The van der Waals surface area contributed by atoms with Gasteiger partial charge in [0.1, 0.15) is 6.04 Å². The van der Waals surface area contributed by atoms with E-state index in [1.165, 1.54) is 12.1 Å². The van der Waals surface area contributed by atoms with Crippen molar-refractivity contribution in [1.82, 2.24) is 10.0 Å². The maximum absolute atomic E-state index is 12.5. The molecule has 1 heterocycles. The van der Waals surface area contributed by atoms with Gasteiger partial charge in [-0.25, -0.2) is 13.1 Å². The van der Waals surface area contributed by atoms with Gasteiger partial charge in [0, 0.05) is 12.6 Å². The Bertz CT molecular complexity index is 594. The van der Waals surface area contributed by atoms with E-state index in [-0.39, 0.29) is 24.3 Å². The SMILES string of the molecule is Cc1cccc(S(=O)(=O)NC2CCC(C(F)(F)F)NC2)c1. The number of hydrogen-bond donors (Lipinski definition) is 2. The Morgan fingerprint density at radius 1 is 1.29 bits per heavy atom. The molecule has 1 aromatic rings. The van der Waals surface area contributed by atoms with E-state index in [9.17, 15) is 21.6 Å². The normalized spacial score (nSPS) is 24.0. The van der Waals surface area contributed by atoms with E-state index in [0.717, 1.165) is 5.56 Å². The van der Waals surface area contributed by atoms with Crippen molar-refractivity contribution in [3.05, 3.63) is 29.8 Å². The summed E-state index contributed by atoms with van der Waals surface area (Å²) in [6.45, 7) is 1.74. The first-order valence-corrected chi connectivity index (χ1v) is 8.06. The molecule has 2 atom stereocenters. The van der Waals surface area contributed by atoms with Gasteiger partial charge in [-0.05, 0) is 37.5 Å². The Labute approximate surface area is 121 Å². The van der Waals surface area contributed by atoms with Gasteiger partial charge in [0.15, 0.2) is 0 Å². The summed E-state index contributed by atoms with van der Waals surface area (Å²) in [7, 11) is -3.71. The number of rotatable bonds is 3. The van der Waals surface area contributed by atoms with E-state index in [2.05, 4.69) is 10.0 Å². The lowest BCUT2D eigenvalue weighted by atomic mass is 10.0. The second-order valence-corrected chi connectivity index (χ2v) is 6.93. The van der Waals surface area contributed by atoms with Gasteiger partial charge >= 0.3 is 6.18 Å². The summed E-state index contributed by atoms with van der Waals surface area (Å²) in [5.74, 6) is 0. The van der Waals surface area contributed by atoms with Gasteiger partial charge in [0.2, 0.25) is 10.0 Å². The molecular formula is C13H17F3N2O2S. The van der Waals surface area contributed by atoms with Crippen LogP contribution in [0.15, 0.2) is 29.2 Å². The van der Waals surface area contributed by atoms with Gasteiger partial charge in [0.25, 0.3) is 0 Å². The van der Waals surface area contributed by atoms with Crippen LogP contribution < -0.4 is 10.0 Å². The van der Waals surface area contributed by atoms with Gasteiger partial charge in [0.05, 0.1) is 4.90 Å². The maximum Gasteiger partial charge on any atom is 0.403 e. The molecule has 21 heavy (non-hydrogen) atoms. The fourth-order valence-electron chi connectivity index (χ4n) is 2.31. The van der Waals surface area contributed by atoms with Crippen molar-refractivity contribution in [2.45, 2.75) is 42.9 Å². The Balaban J connectivity index is 2.00. The summed E-state index contributed by atoms with van der Waals surface area (Å²) in [6.07, 6.45) is -4.27. The molecular weight excluding hydrogens is 305 g/mol. The predicted octanol–water partition coefficient (Wildman–Crippen LogP) is 1.96. The molecule has 2 N–H and O–H groups in total. The topological polar surface area (TPSA) is 58.2 Å². The maximum atomic E-state index is 12.5. The summed E-state index contributed by atoms with van der Waals surface area (Å²) < 4.78 is 64.3. The lowest BCUT2D eigenvalue weighted by molar-refractivity contribution is -0.160. The van der Waals surface area contributed by atoms with Crippen molar-refractivity contribution in [2.24, 2.45) is 0 Å². The van der Waals surface area contributed by atoms with E-state index in [1.54, 1.807) is 19.1 Å². The lowest BCUT2D eigenvalue weighted by Crippen LogP contribution is -2.54. The number of aryl methyl sites for hydroxylation is 1. The monoisotopic (exact) mass is 322 g/mol.